The van der Waals surface area contributed by atoms with E-state index in [4.69, 9.17) is 0 Å². The van der Waals surface area contributed by atoms with Crippen LogP contribution >= 0.6 is 0 Å². The Kier molecular flexibility index (Phi) is 6.88. The minimum atomic E-state index is -4.75. The minimum Gasteiger partial charge on any atom is -0.475 e. The topological polar surface area (TPSA) is 106 Å². The average Bonchev–Trinajstić information content (AvgIpc) is 3.20. The number of carboxylic acids is 1. The van der Waals surface area contributed by atoms with E-state index in [2.05, 4.69) is 25.3 Å². The number of hydrogen-bond acceptors (Lipinski definition) is 6. The second-order valence-corrected chi connectivity index (χ2v) is 9.62. The largest absolute Gasteiger partial charge is 0.475 e. The molecule has 40 heavy (non-hydrogen) atoms. The Bertz CT molecular complexity index is 1560. The normalized spacial score (nSPS) is 15.2. The van der Waals surface area contributed by atoms with Gasteiger partial charge in [0.2, 0.25) is 5.82 Å². The Labute approximate surface area is 223 Å². The number of nitrogens with one attached hydrogen (secondary N) is 1. The van der Waals surface area contributed by atoms with Gasteiger partial charge in [-0.25, -0.2) is 24.7 Å². The number of carbonyl (C=O) groups is 1. The van der Waals surface area contributed by atoms with E-state index in [0.29, 0.717) is 11.5 Å². The Morgan fingerprint density at radius 1 is 1.00 bits per heavy atom. The third-order valence-corrected chi connectivity index (χ3v) is 6.91. The first-order valence-corrected chi connectivity index (χ1v) is 12.3. The fourth-order valence-corrected chi connectivity index (χ4v) is 4.55. The lowest BCUT2D eigenvalue weighted by Gasteiger charge is -2.32. The van der Waals surface area contributed by atoms with E-state index in [1.807, 2.05) is 6.92 Å². The second kappa shape index (κ2) is 10.1. The fourth-order valence-electron chi connectivity index (χ4n) is 4.55. The van der Waals surface area contributed by atoms with Crippen LogP contribution in [-0.2, 0) is 18.9 Å². The lowest BCUT2D eigenvalue weighted by Crippen LogP contribution is -2.31. The van der Waals surface area contributed by atoms with Crippen LogP contribution in [0.5, 0.6) is 0 Å². The maximum Gasteiger partial charge on any atom is 0.433 e. The summed E-state index contributed by atoms with van der Waals surface area (Å²) in [6.07, 6.45) is -6.34. The third kappa shape index (κ3) is 5.42. The molecule has 1 aliphatic rings. The Balaban J connectivity index is 1.70. The summed E-state index contributed by atoms with van der Waals surface area (Å²) in [5, 5.41) is 12.8. The number of carboxylic acid groups (broad SMARTS) is 1. The molecule has 0 radical (unpaired) electrons. The number of halogens is 6. The molecule has 3 aromatic heterocycles. The molecule has 0 unspecified atom stereocenters. The van der Waals surface area contributed by atoms with Crippen LogP contribution in [0.2, 0.25) is 0 Å². The number of aromatic nitrogens is 5. The smallest absolute Gasteiger partial charge is 0.433 e. The van der Waals surface area contributed by atoms with Crippen molar-refractivity contribution in [2.45, 2.75) is 51.1 Å². The number of pyridine rings is 1. The molecule has 1 saturated carbocycles. The summed E-state index contributed by atoms with van der Waals surface area (Å²) in [5.41, 5.74) is -1.78. The van der Waals surface area contributed by atoms with Crippen molar-refractivity contribution in [3.8, 4) is 11.5 Å². The van der Waals surface area contributed by atoms with Crippen LogP contribution in [0.3, 0.4) is 0 Å². The van der Waals surface area contributed by atoms with E-state index in [1.165, 1.54) is 22.8 Å². The number of benzene rings is 1. The lowest BCUT2D eigenvalue weighted by atomic mass is 9.80. The van der Waals surface area contributed by atoms with E-state index in [-0.39, 0.29) is 41.1 Å². The molecule has 8 nitrogen and oxygen atoms in total. The van der Waals surface area contributed by atoms with Crippen molar-refractivity contribution < 1.29 is 36.2 Å². The number of rotatable bonds is 7. The lowest BCUT2D eigenvalue weighted by molar-refractivity contribution is -0.141. The average molecular weight is 564 g/mol. The van der Waals surface area contributed by atoms with Crippen molar-refractivity contribution in [2.75, 3.05) is 5.32 Å². The van der Waals surface area contributed by atoms with E-state index >= 15 is 0 Å². The van der Waals surface area contributed by atoms with Crippen LogP contribution in [0.1, 0.15) is 53.6 Å². The number of nitrogens with zero attached hydrogens (tertiary/aromatic N) is 5. The van der Waals surface area contributed by atoms with Gasteiger partial charge in [-0.1, -0.05) is 24.6 Å². The summed E-state index contributed by atoms with van der Waals surface area (Å²) in [6.45, 7) is 1.77. The van der Waals surface area contributed by atoms with Gasteiger partial charge < -0.3 is 15.0 Å². The van der Waals surface area contributed by atoms with Gasteiger partial charge in [0.25, 0.3) is 0 Å². The molecular formula is C26H22F6N6O2. The van der Waals surface area contributed by atoms with Gasteiger partial charge in [-0.05, 0) is 55.5 Å². The van der Waals surface area contributed by atoms with Gasteiger partial charge in [-0.3, -0.25) is 0 Å². The SMILES string of the molecule is C[C@@H](Nc1nc(C(=O)O)nc2nc(-c3cccc(C(F)(F)F)n3)n(Cc3ccc(C(F)(F)F)cc3)c12)C1CCC1. The minimum absolute atomic E-state index is 0.0859. The molecule has 0 spiro atoms. The fraction of sp³-hybridized carbons (Fsp3) is 0.346. The summed E-state index contributed by atoms with van der Waals surface area (Å²) >= 11 is 0. The van der Waals surface area contributed by atoms with Crippen molar-refractivity contribution in [1.29, 1.82) is 0 Å². The molecule has 0 aliphatic heterocycles. The second-order valence-electron chi connectivity index (χ2n) is 9.62. The molecule has 1 fully saturated rings. The van der Waals surface area contributed by atoms with Crippen LogP contribution < -0.4 is 5.32 Å². The highest BCUT2D eigenvalue weighted by molar-refractivity contribution is 5.92. The number of anilines is 1. The zero-order chi connectivity index (χ0) is 28.8. The van der Waals surface area contributed by atoms with E-state index < -0.39 is 35.4 Å². The van der Waals surface area contributed by atoms with Gasteiger partial charge >= 0.3 is 18.3 Å². The van der Waals surface area contributed by atoms with Crippen molar-refractivity contribution in [3.05, 3.63) is 65.1 Å². The Morgan fingerprint density at radius 3 is 2.27 bits per heavy atom. The van der Waals surface area contributed by atoms with Crippen LogP contribution in [0.15, 0.2) is 42.5 Å². The molecule has 5 rings (SSSR count). The summed E-state index contributed by atoms with van der Waals surface area (Å²) in [5.74, 6) is -1.69. The zero-order valence-electron chi connectivity index (χ0n) is 20.9. The van der Waals surface area contributed by atoms with E-state index in [1.54, 1.807) is 0 Å². The number of alkyl halides is 6. The molecule has 2 N–H and O–H groups in total. The van der Waals surface area contributed by atoms with Gasteiger partial charge in [0.15, 0.2) is 17.3 Å². The molecule has 0 amide bonds. The molecule has 1 aliphatic carbocycles. The molecule has 3 heterocycles. The Hall–Kier alpha value is -4.23. The van der Waals surface area contributed by atoms with E-state index in [0.717, 1.165) is 43.5 Å². The highest BCUT2D eigenvalue weighted by atomic mass is 19.4. The summed E-state index contributed by atoms with van der Waals surface area (Å²) < 4.78 is 81.1. The van der Waals surface area contributed by atoms with Gasteiger partial charge in [-0.2, -0.15) is 26.3 Å². The molecule has 1 aromatic carbocycles. The van der Waals surface area contributed by atoms with Crippen molar-refractivity contribution in [3.63, 3.8) is 0 Å². The van der Waals surface area contributed by atoms with Crippen LogP contribution in [0.25, 0.3) is 22.7 Å². The van der Waals surface area contributed by atoms with E-state index in [9.17, 15) is 36.2 Å². The summed E-state index contributed by atoms with van der Waals surface area (Å²) in [7, 11) is 0. The third-order valence-electron chi connectivity index (χ3n) is 6.91. The predicted molar refractivity (Wildman–Crippen MR) is 131 cm³/mol. The van der Waals surface area contributed by atoms with Gasteiger partial charge in [0, 0.05) is 12.6 Å². The van der Waals surface area contributed by atoms with Gasteiger partial charge in [0.1, 0.15) is 16.9 Å². The van der Waals surface area contributed by atoms with Gasteiger partial charge in [-0.15, -0.1) is 0 Å². The Morgan fingerprint density at radius 2 is 1.70 bits per heavy atom. The summed E-state index contributed by atoms with van der Waals surface area (Å²) in [4.78, 5) is 28.0. The molecule has 0 saturated heterocycles. The molecule has 210 valence electrons. The first-order chi connectivity index (χ1) is 18.8. The molecule has 0 bridgehead atoms. The molecule has 14 heteroatoms. The quantitative estimate of drug-likeness (QED) is 0.255. The van der Waals surface area contributed by atoms with Crippen molar-refractivity contribution in [2.24, 2.45) is 5.92 Å². The molecule has 1 atom stereocenters. The maximum atomic E-state index is 13.5. The number of aromatic carboxylic acids is 1. The maximum absolute atomic E-state index is 13.5. The van der Waals surface area contributed by atoms with Crippen LogP contribution in [-0.4, -0.2) is 41.6 Å². The van der Waals surface area contributed by atoms with Crippen LogP contribution in [0.4, 0.5) is 32.2 Å². The molecular weight excluding hydrogens is 542 g/mol. The highest BCUT2D eigenvalue weighted by Crippen LogP contribution is 2.35. The van der Waals surface area contributed by atoms with Gasteiger partial charge in [0.05, 0.1) is 5.56 Å². The highest BCUT2D eigenvalue weighted by Gasteiger charge is 2.34. The summed E-state index contributed by atoms with van der Waals surface area (Å²) in [6, 6.07) is 7.40. The first-order valence-electron chi connectivity index (χ1n) is 12.3. The van der Waals surface area contributed by atoms with Crippen molar-refractivity contribution >= 4 is 23.0 Å². The first kappa shape index (κ1) is 27.3. The standard InChI is InChI=1S/C26H22F6N6O2/c1-13(15-4-2-5-15)33-20-19-21(36-22(35-20)24(39)40)37-23(17-6-3-7-18(34-17)26(30,31)32)38(19)12-14-8-10-16(11-9-14)25(27,28)29/h3,6-11,13,15H,2,4-5,12H2,1H3,(H,39,40)(H,33,35,36)/t13-/m1/s1. The number of fused-ring (bicyclic) bond motifs is 1. The van der Waals surface area contributed by atoms with Crippen LogP contribution in [0, 0.1) is 5.92 Å². The predicted octanol–water partition coefficient (Wildman–Crippen LogP) is 6.27. The van der Waals surface area contributed by atoms with Crippen molar-refractivity contribution in [1.82, 2.24) is 24.5 Å². The molecule has 4 aromatic rings. The number of imidazole rings is 1. The number of hydrogen-bond donors (Lipinski definition) is 2. The zero-order valence-corrected chi connectivity index (χ0v) is 20.9. The monoisotopic (exact) mass is 564 g/mol.